The lowest BCUT2D eigenvalue weighted by Crippen LogP contribution is -1.96. The Morgan fingerprint density at radius 2 is 2.06 bits per heavy atom. The summed E-state index contributed by atoms with van der Waals surface area (Å²) in [6.45, 7) is 0. The summed E-state index contributed by atoms with van der Waals surface area (Å²) in [5.41, 5.74) is 7.09. The molecule has 0 aliphatic heterocycles. The van der Waals surface area contributed by atoms with Crippen molar-refractivity contribution in [3.05, 3.63) is 46.7 Å². The Labute approximate surface area is 102 Å². The number of nitrogens with zero attached hydrogens (tertiary/aromatic N) is 2. The highest BCUT2D eigenvalue weighted by Gasteiger charge is 2.06. The van der Waals surface area contributed by atoms with E-state index in [9.17, 15) is 4.39 Å². The summed E-state index contributed by atoms with van der Waals surface area (Å²) in [5, 5.41) is 8.74. The number of benzene rings is 1. The predicted molar refractivity (Wildman–Crippen MR) is 63.8 cm³/mol. The lowest BCUT2D eigenvalue weighted by atomic mass is 10.1. The SMILES string of the molecule is N#Cc1ccc(-c2ccc(F)c(Cl)c2)nc1N. The lowest BCUT2D eigenvalue weighted by molar-refractivity contribution is 0.628. The molecule has 0 radical (unpaired) electrons. The van der Waals surface area contributed by atoms with E-state index in [0.29, 0.717) is 16.8 Å². The van der Waals surface area contributed by atoms with Crippen LogP contribution in [-0.4, -0.2) is 4.98 Å². The minimum Gasteiger partial charge on any atom is -0.383 e. The van der Waals surface area contributed by atoms with Crippen LogP contribution in [-0.2, 0) is 0 Å². The Bertz CT molecular complexity index is 620. The number of hydrogen-bond acceptors (Lipinski definition) is 3. The third-order valence-corrected chi connectivity index (χ3v) is 2.55. The Hall–Kier alpha value is -2.12. The second kappa shape index (κ2) is 4.40. The molecule has 1 heterocycles. The van der Waals surface area contributed by atoms with Crippen molar-refractivity contribution in [2.75, 3.05) is 5.73 Å². The van der Waals surface area contributed by atoms with Crippen molar-refractivity contribution < 1.29 is 4.39 Å². The molecule has 0 aliphatic carbocycles. The van der Waals surface area contributed by atoms with Crippen molar-refractivity contribution in [3.63, 3.8) is 0 Å². The van der Waals surface area contributed by atoms with E-state index in [-0.39, 0.29) is 10.8 Å². The van der Waals surface area contributed by atoms with Gasteiger partial charge in [-0.05, 0) is 30.3 Å². The van der Waals surface area contributed by atoms with Gasteiger partial charge in [-0.2, -0.15) is 5.26 Å². The molecule has 0 atom stereocenters. The van der Waals surface area contributed by atoms with Crippen molar-refractivity contribution in [1.82, 2.24) is 4.98 Å². The van der Waals surface area contributed by atoms with Crippen LogP contribution in [0.2, 0.25) is 5.02 Å². The van der Waals surface area contributed by atoms with E-state index in [1.54, 1.807) is 18.2 Å². The number of pyridine rings is 1. The summed E-state index contributed by atoms with van der Waals surface area (Å²) in [6, 6.07) is 9.39. The van der Waals surface area contributed by atoms with Gasteiger partial charge in [0.25, 0.3) is 0 Å². The molecular weight excluding hydrogens is 241 g/mol. The average Bonchev–Trinajstić information content (AvgIpc) is 2.32. The van der Waals surface area contributed by atoms with Crippen LogP contribution < -0.4 is 5.73 Å². The van der Waals surface area contributed by atoms with Crippen LogP contribution in [0.15, 0.2) is 30.3 Å². The zero-order valence-corrected chi connectivity index (χ0v) is 9.37. The van der Waals surface area contributed by atoms with E-state index < -0.39 is 5.82 Å². The summed E-state index contributed by atoms with van der Waals surface area (Å²) in [7, 11) is 0. The van der Waals surface area contributed by atoms with Crippen molar-refractivity contribution >= 4 is 17.4 Å². The summed E-state index contributed by atoms with van der Waals surface area (Å²) in [5.74, 6) is -0.345. The molecule has 2 aromatic rings. The Balaban J connectivity index is 2.50. The molecule has 0 bridgehead atoms. The second-order valence-electron chi connectivity index (χ2n) is 3.37. The summed E-state index contributed by atoms with van der Waals surface area (Å²) in [6.07, 6.45) is 0. The minimum absolute atomic E-state index is 0.0206. The van der Waals surface area contributed by atoms with Crippen LogP contribution in [0.1, 0.15) is 5.56 Å². The molecule has 5 heteroatoms. The van der Waals surface area contributed by atoms with E-state index in [1.165, 1.54) is 12.1 Å². The molecule has 2 N–H and O–H groups in total. The summed E-state index contributed by atoms with van der Waals surface area (Å²) in [4.78, 5) is 4.06. The maximum Gasteiger partial charge on any atom is 0.142 e. The first kappa shape index (κ1) is 11.4. The van der Waals surface area contributed by atoms with Gasteiger partial charge in [0.2, 0.25) is 0 Å². The van der Waals surface area contributed by atoms with E-state index in [0.717, 1.165) is 0 Å². The number of nitriles is 1. The van der Waals surface area contributed by atoms with Gasteiger partial charge >= 0.3 is 0 Å². The standard InChI is InChI=1S/C12H7ClFN3/c13-9-5-7(1-3-10(9)14)11-4-2-8(6-15)12(16)17-11/h1-5H,(H2,16,17). The van der Waals surface area contributed by atoms with Gasteiger partial charge in [0.1, 0.15) is 17.7 Å². The predicted octanol–water partition coefficient (Wildman–Crippen LogP) is 2.99. The van der Waals surface area contributed by atoms with Crippen molar-refractivity contribution in [2.24, 2.45) is 0 Å². The first-order chi connectivity index (χ1) is 8.11. The van der Waals surface area contributed by atoms with Gasteiger partial charge in [0, 0.05) is 5.56 Å². The van der Waals surface area contributed by atoms with Crippen LogP contribution in [0.3, 0.4) is 0 Å². The molecule has 2 rings (SSSR count). The Kier molecular flexibility index (Phi) is 2.94. The highest BCUT2D eigenvalue weighted by atomic mass is 35.5. The lowest BCUT2D eigenvalue weighted by Gasteiger charge is -2.04. The molecule has 0 saturated carbocycles. The van der Waals surface area contributed by atoms with E-state index >= 15 is 0 Å². The quantitative estimate of drug-likeness (QED) is 0.843. The topological polar surface area (TPSA) is 62.7 Å². The highest BCUT2D eigenvalue weighted by Crippen LogP contribution is 2.24. The van der Waals surface area contributed by atoms with Crippen LogP contribution >= 0.6 is 11.6 Å². The number of aromatic nitrogens is 1. The smallest absolute Gasteiger partial charge is 0.142 e. The largest absolute Gasteiger partial charge is 0.383 e. The molecule has 1 aromatic carbocycles. The van der Waals surface area contributed by atoms with Crippen molar-refractivity contribution in [3.8, 4) is 17.3 Å². The zero-order valence-electron chi connectivity index (χ0n) is 8.61. The number of hydrogen-bond donors (Lipinski definition) is 1. The summed E-state index contributed by atoms with van der Waals surface area (Å²) < 4.78 is 13.0. The van der Waals surface area contributed by atoms with Crippen LogP contribution in [0.25, 0.3) is 11.3 Å². The number of rotatable bonds is 1. The second-order valence-corrected chi connectivity index (χ2v) is 3.78. The highest BCUT2D eigenvalue weighted by molar-refractivity contribution is 6.31. The summed E-state index contributed by atoms with van der Waals surface area (Å²) >= 11 is 5.68. The molecule has 0 fully saturated rings. The molecule has 0 spiro atoms. The van der Waals surface area contributed by atoms with Gasteiger partial charge in [-0.1, -0.05) is 11.6 Å². The normalized spacial score (nSPS) is 9.94. The van der Waals surface area contributed by atoms with Gasteiger partial charge in [0.05, 0.1) is 16.3 Å². The fraction of sp³-hybridized carbons (Fsp3) is 0. The maximum absolute atomic E-state index is 13.0. The fourth-order valence-electron chi connectivity index (χ4n) is 1.39. The maximum atomic E-state index is 13.0. The van der Waals surface area contributed by atoms with Crippen LogP contribution in [0.5, 0.6) is 0 Å². The first-order valence-corrected chi connectivity index (χ1v) is 5.11. The van der Waals surface area contributed by atoms with Crippen molar-refractivity contribution in [2.45, 2.75) is 0 Å². The monoisotopic (exact) mass is 247 g/mol. The Morgan fingerprint density at radius 3 is 2.65 bits per heavy atom. The van der Waals surface area contributed by atoms with E-state index in [2.05, 4.69) is 4.98 Å². The molecule has 0 unspecified atom stereocenters. The molecule has 84 valence electrons. The van der Waals surface area contributed by atoms with Gasteiger partial charge in [-0.3, -0.25) is 0 Å². The third-order valence-electron chi connectivity index (χ3n) is 2.26. The van der Waals surface area contributed by atoms with E-state index in [1.807, 2.05) is 6.07 Å². The van der Waals surface area contributed by atoms with Gasteiger partial charge in [0.15, 0.2) is 0 Å². The van der Waals surface area contributed by atoms with Gasteiger partial charge < -0.3 is 5.73 Å². The van der Waals surface area contributed by atoms with Crippen molar-refractivity contribution in [1.29, 1.82) is 5.26 Å². The number of halogens is 2. The molecule has 0 amide bonds. The first-order valence-electron chi connectivity index (χ1n) is 4.74. The van der Waals surface area contributed by atoms with Gasteiger partial charge in [-0.25, -0.2) is 9.37 Å². The minimum atomic E-state index is -0.489. The molecule has 0 aliphatic rings. The molecule has 0 saturated heterocycles. The molecule has 1 aromatic heterocycles. The third kappa shape index (κ3) is 2.19. The Morgan fingerprint density at radius 1 is 1.29 bits per heavy atom. The number of anilines is 1. The molecule has 3 nitrogen and oxygen atoms in total. The molecular formula is C12H7ClFN3. The zero-order chi connectivity index (χ0) is 12.4. The number of nitrogens with two attached hydrogens (primary N) is 1. The van der Waals surface area contributed by atoms with Crippen LogP contribution in [0, 0.1) is 17.1 Å². The van der Waals surface area contributed by atoms with Gasteiger partial charge in [-0.15, -0.1) is 0 Å². The number of nitrogen functional groups attached to an aromatic ring is 1. The van der Waals surface area contributed by atoms with E-state index in [4.69, 9.17) is 22.6 Å². The van der Waals surface area contributed by atoms with Crippen LogP contribution in [0.4, 0.5) is 10.2 Å². The fourth-order valence-corrected chi connectivity index (χ4v) is 1.57. The molecule has 17 heavy (non-hydrogen) atoms. The average molecular weight is 248 g/mol.